The number of para-hydroxylation sites is 3. The fraction of sp³-hybridized carbons (Fsp3) is 0.0270. The first-order valence-electron chi connectivity index (χ1n) is 13.9. The van der Waals surface area contributed by atoms with Crippen molar-refractivity contribution in [1.29, 1.82) is 0 Å². The lowest BCUT2D eigenvalue weighted by molar-refractivity contribution is 1.01. The van der Waals surface area contributed by atoms with E-state index < -0.39 is 0 Å². The second-order valence-electron chi connectivity index (χ2n) is 11.0. The first-order chi connectivity index (χ1) is 19.8. The summed E-state index contributed by atoms with van der Waals surface area (Å²) in [6.45, 7) is 0. The second kappa shape index (κ2) is 7.02. The van der Waals surface area contributed by atoms with Gasteiger partial charge in [0.25, 0.3) is 0 Å². The molecule has 0 saturated heterocycles. The third-order valence-electron chi connectivity index (χ3n) is 9.17. The molecule has 6 aromatic carbocycles. The van der Waals surface area contributed by atoms with Gasteiger partial charge in [0, 0.05) is 56.0 Å². The molecule has 0 unspecified atom stereocenters. The average molecular weight is 510 g/mol. The number of fused-ring (bicyclic) bond motifs is 9. The van der Waals surface area contributed by atoms with Gasteiger partial charge in [-0.25, -0.2) is 0 Å². The van der Waals surface area contributed by atoms with Crippen LogP contribution in [-0.4, -0.2) is 13.5 Å². The Kier molecular flexibility index (Phi) is 3.62. The zero-order chi connectivity index (χ0) is 26.1. The largest absolute Gasteiger partial charge is 0.344 e. The van der Waals surface area contributed by atoms with Crippen molar-refractivity contribution in [2.75, 3.05) is 0 Å². The Bertz CT molecular complexity index is 2650. The highest BCUT2D eigenvalue weighted by Gasteiger charge is 2.23. The molecule has 4 aromatic heterocycles. The van der Waals surface area contributed by atoms with E-state index in [1.54, 1.807) is 0 Å². The molecular formula is C37H23N3. The first kappa shape index (κ1) is 20.7. The highest BCUT2D eigenvalue weighted by molar-refractivity contribution is 6.34. The molecule has 0 bridgehead atoms. The monoisotopic (exact) mass is 509 g/mol. The smallest absolute Gasteiger partial charge is 0.0641 e. The van der Waals surface area contributed by atoms with Crippen LogP contribution in [0.15, 0.2) is 121 Å². The van der Waals surface area contributed by atoms with E-state index in [9.17, 15) is 0 Å². The van der Waals surface area contributed by atoms with Gasteiger partial charge in [-0.2, -0.15) is 0 Å². The maximum absolute atomic E-state index is 2.54. The van der Waals surface area contributed by atoms with Crippen LogP contribution in [0.3, 0.4) is 0 Å². The zero-order valence-corrected chi connectivity index (χ0v) is 21.9. The van der Waals surface area contributed by atoms with Gasteiger partial charge < -0.3 is 13.5 Å². The normalized spacial score (nSPS) is 12.6. The third-order valence-corrected chi connectivity index (χ3v) is 9.17. The molecule has 0 aliphatic carbocycles. The molecule has 10 rings (SSSR count). The minimum Gasteiger partial charge on any atom is -0.344 e. The summed E-state index contributed by atoms with van der Waals surface area (Å²) in [6.07, 6.45) is 0. The van der Waals surface area contributed by atoms with Crippen LogP contribution in [-0.2, 0) is 7.05 Å². The minimum absolute atomic E-state index is 1.18. The van der Waals surface area contributed by atoms with Crippen LogP contribution in [0.25, 0.3) is 87.4 Å². The average Bonchev–Trinajstić information content (AvgIpc) is 3.60. The third kappa shape index (κ3) is 2.26. The van der Waals surface area contributed by atoms with Gasteiger partial charge in [0.1, 0.15) is 0 Å². The van der Waals surface area contributed by atoms with Gasteiger partial charge in [-0.15, -0.1) is 0 Å². The van der Waals surface area contributed by atoms with Crippen molar-refractivity contribution in [3.63, 3.8) is 0 Å². The summed E-state index contributed by atoms with van der Waals surface area (Å²) in [5.74, 6) is 0. The summed E-state index contributed by atoms with van der Waals surface area (Å²) in [6, 6.07) is 44.7. The molecule has 0 radical (unpaired) electrons. The van der Waals surface area contributed by atoms with E-state index in [1.165, 1.54) is 87.4 Å². The van der Waals surface area contributed by atoms with Crippen molar-refractivity contribution >= 4 is 81.7 Å². The molecule has 0 N–H and O–H groups in total. The lowest BCUT2D eigenvalue weighted by Crippen LogP contribution is -1.93. The van der Waals surface area contributed by atoms with Gasteiger partial charge in [-0.3, -0.25) is 0 Å². The Morgan fingerprint density at radius 2 is 0.975 bits per heavy atom. The Hall–Kier alpha value is -5.28. The fourth-order valence-electron chi connectivity index (χ4n) is 7.61. The summed E-state index contributed by atoms with van der Waals surface area (Å²) >= 11 is 0. The van der Waals surface area contributed by atoms with Crippen LogP contribution in [0.2, 0.25) is 0 Å². The molecule has 10 aromatic rings. The van der Waals surface area contributed by atoms with E-state index in [0.717, 1.165) is 0 Å². The van der Waals surface area contributed by atoms with Crippen LogP contribution in [0.1, 0.15) is 0 Å². The van der Waals surface area contributed by atoms with Gasteiger partial charge in [-0.05, 0) is 47.9 Å². The molecule has 40 heavy (non-hydrogen) atoms. The Balaban J connectivity index is 1.59. The molecule has 186 valence electrons. The topological polar surface area (TPSA) is 14.3 Å². The molecular weight excluding hydrogens is 486 g/mol. The molecule has 0 saturated carbocycles. The molecule has 0 aliphatic heterocycles. The molecule has 4 heterocycles. The zero-order valence-electron chi connectivity index (χ0n) is 21.9. The second-order valence-corrected chi connectivity index (χ2v) is 11.0. The SMILES string of the molecule is Cn1c2cccc3c4cccc5c6c7c(ccc6n(c6cccc1c6c32)c45)c1ccccc1n7-c1ccccc1. The van der Waals surface area contributed by atoms with Gasteiger partial charge in [0.2, 0.25) is 0 Å². The van der Waals surface area contributed by atoms with Crippen LogP contribution in [0, 0.1) is 0 Å². The Morgan fingerprint density at radius 1 is 0.375 bits per heavy atom. The molecule has 0 atom stereocenters. The first-order valence-corrected chi connectivity index (χ1v) is 13.9. The summed E-state index contributed by atoms with van der Waals surface area (Å²) in [5.41, 5.74) is 10.0. The number of hydrogen-bond donors (Lipinski definition) is 0. The Labute approximate surface area is 229 Å². The molecule has 0 amide bonds. The fourth-order valence-corrected chi connectivity index (χ4v) is 7.61. The van der Waals surface area contributed by atoms with Crippen molar-refractivity contribution in [2.45, 2.75) is 0 Å². The maximum atomic E-state index is 2.54. The van der Waals surface area contributed by atoms with Crippen molar-refractivity contribution < 1.29 is 0 Å². The number of aromatic nitrogens is 3. The van der Waals surface area contributed by atoms with Crippen LogP contribution >= 0.6 is 0 Å². The number of nitrogens with zero attached hydrogens (tertiary/aromatic N) is 3. The van der Waals surface area contributed by atoms with Crippen LogP contribution in [0.4, 0.5) is 0 Å². The number of hydrogen-bond acceptors (Lipinski definition) is 0. The van der Waals surface area contributed by atoms with Crippen molar-refractivity contribution in [3.8, 4) is 5.69 Å². The van der Waals surface area contributed by atoms with E-state index in [1.807, 2.05) is 0 Å². The lowest BCUT2D eigenvalue weighted by atomic mass is 10.0. The van der Waals surface area contributed by atoms with Crippen molar-refractivity contribution in [3.05, 3.63) is 121 Å². The quantitative estimate of drug-likeness (QED) is 0.209. The number of rotatable bonds is 1. The van der Waals surface area contributed by atoms with Gasteiger partial charge in [0.15, 0.2) is 0 Å². The van der Waals surface area contributed by atoms with E-state index in [-0.39, 0.29) is 0 Å². The van der Waals surface area contributed by atoms with E-state index in [2.05, 4.69) is 142 Å². The number of aryl methyl sites for hydroxylation is 1. The van der Waals surface area contributed by atoms with E-state index in [0.29, 0.717) is 0 Å². The van der Waals surface area contributed by atoms with Crippen molar-refractivity contribution in [2.24, 2.45) is 7.05 Å². The van der Waals surface area contributed by atoms with Gasteiger partial charge >= 0.3 is 0 Å². The van der Waals surface area contributed by atoms with Gasteiger partial charge in [-0.1, -0.05) is 78.9 Å². The molecule has 3 heteroatoms. The van der Waals surface area contributed by atoms with E-state index >= 15 is 0 Å². The molecule has 0 fully saturated rings. The minimum atomic E-state index is 1.18. The molecule has 0 aliphatic rings. The Morgan fingerprint density at radius 3 is 1.88 bits per heavy atom. The van der Waals surface area contributed by atoms with Crippen LogP contribution < -0.4 is 0 Å². The summed E-state index contributed by atoms with van der Waals surface area (Å²) in [4.78, 5) is 0. The maximum Gasteiger partial charge on any atom is 0.0641 e. The van der Waals surface area contributed by atoms with Crippen molar-refractivity contribution in [1.82, 2.24) is 13.5 Å². The molecule has 0 spiro atoms. The standard InChI is InChI=1S/C37H23N3/c1-38-29-17-8-13-24-25-14-7-15-27-34-32(40(36(25)27)31-19-9-18-30(38)35(31)33(24)29)21-20-26-23-12-5-6-16-28(23)39(37(26)34)22-10-3-2-4-11-22/h2-21H,1H3. The predicted molar refractivity (Wildman–Crippen MR) is 169 cm³/mol. The molecule has 3 nitrogen and oxygen atoms in total. The summed E-state index contributed by atoms with van der Waals surface area (Å²) in [7, 11) is 2.19. The highest BCUT2D eigenvalue weighted by atomic mass is 15.0. The lowest BCUT2D eigenvalue weighted by Gasteiger charge is -2.09. The summed E-state index contributed by atoms with van der Waals surface area (Å²) in [5, 5.41) is 10.4. The van der Waals surface area contributed by atoms with Gasteiger partial charge in [0.05, 0.1) is 33.1 Å². The number of benzene rings is 6. The summed E-state index contributed by atoms with van der Waals surface area (Å²) < 4.78 is 7.35. The van der Waals surface area contributed by atoms with Crippen LogP contribution in [0.5, 0.6) is 0 Å². The van der Waals surface area contributed by atoms with E-state index in [4.69, 9.17) is 0 Å². The highest BCUT2D eigenvalue weighted by Crippen LogP contribution is 2.45. The predicted octanol–water partition coefficient (Wildman–Crippen LogP) is 9.58.